The number of hydrogen-bond donors (Lipinski definition) is 1. The molecule has 2 saturated carbocycles. The van der Waals surface area contributed by atoms with Crippen LogP contribution in [0.1, 0.15) is 51.4 Å². The van der Waals surface area contributed by atoms with E-state index < -0.39 is 0 Å². The molecule has 2 aliphatic carbocycles. The molecule has 2 nitrogen and oxygen atoms in total. The van der Waals surface area contributed by atoms with E-state index in [1.165, 1.54) is 38.5 Å². The van der Waals surface area contributed by atoms with Gasteiger partial charge in [0.1, 0.15) is 0 Å². The Morgan fingerprint density at radius 1 is 0.933 bits per heavy atom. The number of ether oxygens (including phenoxy) is 1. The molecule has 86 valence electrons. The van der Waals surface area contributed by atoms with Crippen LogP contribution in [0.15, 0.2) is 0 Å². The minimum absolute atomic E-state index is 0.0198. The van der Waals surface area contributed by atoms with E-state index in [0.29, 0.717) is 12.2 Å². The molecule has 2 saturated heterocycles. The van der Waals surface area contributed by atoms with Gasteiger partial charge in [0.25, 0.3) is 0 Å². The Bertz CT molecular complexity index is 220. The summed E-state index contributed by atoms with van der Waals surface area (Å²) in [6, 6.07) is 0. The van der Waals surface area contributed by atoms with Gasteiger partial charge < -0.3 is 9.84 Å². The second kappa shape index (κ2) is 4.06. The minimum Gasteiger partial charge on any atom is -0.393 e. The summed E-state index contributed by atoms with van der Waals surface area (Å²) in [6.45, 7) is 0. The summed E-state index contributed by atoms with van der Waals surface area (Å²) >= 11 is 0. The van der Waals surface area contributed by atoms with Gasteiger partial charge in [-0.3, -0.25) is 0 Å². The zero-order valence-electron chi connectivity index (χ0n) is 9.40. The Kier molecular flexibility index (Phi) is 2.73. The third-order valence-corrected chi connectivity index (χ3v) is 4.75. The van der Waals surface area contributed by atoms with Crippen molar-refractivity contribution < 1.29 is 9.84 Å². The smallest absolute Gasteiger partial charge is 0.0634 e. The fourth-order valence-electron chi connectivity index (χ4n) is 3.80. The standard InChI is InChI=1S/C13H22O2/c14-10-3-1-2-9(4-5-10)12-7-6-11-8-13(12)15-11/h9-14H,1-8H2. The van der Waals surface area contributed by atoms with Crippen molar-refractivity contribution in [1.29, 1.82) is 0 Å². The fraction of sp³-hybridized carbons (Fsp3) is 1.00. The van der Waals surface area contributed by atoms with Crippen molar-refractivity contribution in [3.63, 3.8) is 0 Å². The van der Waals surface area contributed by atoms with Crippen molar-refractivity contribution in [2.45, 2.75) is 69.7 Å². The lowest BCUT2D eigenvalue weighted by Crippen LogP contribution is -2.49. The summed E-state index contributed by atoms with van der Waals surface area (Å²) in [6.07, 6.45) is 11.0. The van der Waals surface area contributed by atoms with Crippen LogP contribution in [0.4, 0.5) is 0 Å². The molecule has 4 fully saturated rings. The van der Waals surface area contributed by atoms with E-state index in [2.05, 4.69) is 0 Å². The molecule has 1 N–H and O–H groups in total. The van der Waals surface area contributed by atoms with E-state index in [0.717, 1.165) is 24.7 Å². The number of rotatable bonds is 1. The van der Waals surface area contributed by atoms with Gasteiger partial charge in [-0.25, -0.2) is 0 Å². The van der Waals surface area contributed by atoms with E-state index in [1.54, 1.807) is 0 Å². The van der Waals surface area contributed by atoms with Crippen LogP contribution in [0.2, 0.25) is 0 Å². The molecule has 0 spiro atoms. The van der Waals surface area contributed by atoms with Crippen LogP contribution in [0.25, 0.3) is 0 Å². The van der Waals surface area contributed by atoms with Crippen LogP contribution in [0.3, 0.4) is 0 Å². The second-order valence-electron chi connectivity index (χ2n) is 5.70. The Morgan fingerprint density at radius 3 is 2.53 bits per heavy atom. The van der Waals surface area contributed by atoms with Crippen molar-refractivity contribution in [3.05, 3.63) is 0 Å². The summed E-state index contributed by atoms with van der Waals surface area (Å²) < 4.78 is 5.85. The summed E-state index contributed by atoms with van der Waals surface area (Å²) in [5.41, 5.74) is 0. The average molecular weight is 210 g/mol. The molecule has 0 aromatic carbocycles. The molecule has 15 heavy (non-hydrogen) atoms. The zero-order chi connectivity index (χ0) is 10.3. The van der Waals surface area contributed by atoms with Gasteiger partial charge in [-0.2, -0.15) is 0 Å². The second-order valence-corrected chi connectivity index (χ2v) is 5.70. The van der Waals surface area contributed by atoms with Crippen molar-refractivity contribution in [2.24, 2.45) is 11.8 Å². The molecular formula is C13H22O2. The molecule has 2 heterocycles. The highest BCUT2D eigenvalue weighted by Crippen LogP contribution is 2.45. The van der Waals surface area contributed by atoms with Crippen LogP contribution < -0.4 is 0 Å². The molecule has 0 aromatic rings. The summed E-state index contributed by atoms with van der Waals surface area (Å²) in [7, 11) is 0. The normalized spacial score (nSPS) is 50.6. The van der Waals surface area contributed by atoms with Crippen LogP contribution in [0, 0.1) is 11.8 Å². The van der Waals surface area contributed by atoms with E-state index in [1.807, 2.05) is 0 Å². The van der Waals surface area contributed by atoms with Crippen LogP contribution in [-0.2, 0) is 4.74 Å². The van der Waals surface area contributed by atoms with Crippen molar-refractivity contribution in [2.75, 3.05) is 0 Å². The first kappa shape index (κ1) is 10.1. The van der Waals surface area contributed by atoms with Gasteiger partial charge in [0, 0.05) is 6.42 Å². The first-order valence-corrected chi connectivity index (χ1v) is 6.66. The first-order chi connectivity index (χ1) is 7.33. The number of aliphatic hydroxyl groups excluding tert-OH is 1. The van der Waals surface area contributed by atoms with E-state index in [4.69, 9.17) is 4.74 Å². The predicted molar refractivity (Wildman–Crippen MR) is 58.6 cm³/mol. The molecule has 0 amide bonds. The van der Waals surface area contributed by atoms with Gasteiger partial charge in [-0.1, -0.05) is 6.42 Å². The fourth-order valence-corrected chi connectivity index (χ4v) is 3.80. The lowest BCUT2D eigenvalue weighted by atomic mass is 9.71. The summed E-state index contributed by atoms with van der Waals surface area (Å²) in [5.74, 6) is 1.66. The quantitative estimate of drug-likeness (QED) is 0.674. The van der Waals surface area contributed by atoms with Gasteiger partial charge in [0.05, 0.1) is 18.3 Å². The molecule has 5 atom stereocenters. The van der Waals surface area contributed by atoms with Gasteiger partial charge in [0.2, 0.25) is 0 Å². The Hall–Kier alpha value is -0.0800. The first-order valence-electron chi connectivity index (χ1n) is 6.66. The molecule has 4 rings (SSSR count). The van der Waals surface area contributed by atoms with Gasteiger partial charge in [0.15, 0.2) is 0 Å². The van der Waals surface area contributed by atoms with Crippen LogP contribution in [0.5, 0.6) is 0 Å². The number of aliphatic hydroxyl groups is 1. The average Bonchev–Trinajstić information content (AvgIpc) is 2.42. The SMILES string of the molecule is OC1CCCC(C2CCC3CC2O3)CC1. The Balaban J connectivity index is 1.60. The summed E-state index contributed by atoms with van der Waals surface area (Å²) in [4.78, 5) is 0. The largest absolute Gasteiger partial charge is 0.393 e. The van der Waals surface area contributed by atoms with Crippen LogP contribution >= 0.6 is 0 Å². The van der Waals surface area contributed by atoms with Gasteiger partial charge in [-0.05, 0) is 50.4 Å². The molecule has 5 unspecified atom stereocenters. The monoisotopic (exact) mass is 210 g/mol. The molecule has 0 aromatic heterocycles. The molecule has 2 heteroatoms. The molecular weight excluding hydrogens is 188 g/mol. The molecule has 2 aliphatic heterocycles. The van der Waals surface area contributed by atoms with E-state index in [-0.39, 0.29) is 6.10 Å². The van der Waals surface area contributed by atoms with E-state index in [9.17, 15) is 5.11 Å². The predicted octanol–water partition coefficient (Wildman–Crippen LogP) is 2.50. The number of fused-ring (bicyclic) bond motifs is 2. The molecule has 4 aliphatic rings. The lowest BCUT2D eigenvalue weighted by Gasteiger charge is -2.49. The van der Waals surface area contributed by atoms with Gasteiger partial charge >= 0.3 is 0 Å². The Labute approximate surface area is 92.0 Å². The summed E-state index contributed by atoms with van der Waals surface area (Å²) in [5, 5.41) is 9.65. The maximum atomic E-state index is 9.65. The van der Waals surface area contributed by atoms with Crippen molar-refractivity contribution in [1.82, 2.24) is 0 Å². The molecule has 0 radical (unpaired) electrons. The van der Waals surface area contributed by atoms with Crippen molar-refractivity contribution >= 4 is 0 Å². The Morgan fingerprint density at radius 2 is 1.80 bits per heavy atom. The number of hydrogen-bond acceptors (Lipinski definition) is 2. The zero-order valence-corrected chi connectivity index (χ0v) is 9.40. The van der Waals surface area contributed by atoms with Crippen LogP contribution in [-0.4, -0.2) is 23.4 Å². The van der Waals surface area contributed by atoms with Gasteiger partial charge in [-0.15, -0.1) is 0 Å². The van der Waals surface area contributed by atoms with Crippen molar-refractivity contribution in [3.8, 4) is 0 Å². The molecule has 2 bridgehead atoms. The lowest BCUT2D eigenvalue weighted by molar-refractivity contribution is -0.196. The third kappa shape index (κ3) is 1.94. The maximum absolute atomic E-state index is 9.65. The third-order valence-electron chi connectivity index (χ3n) is 4.75. The maximum Gasteiger partial charge on any atom is 0.0634 e. The minimum atomic E-state index is -0.0198. The van der Waals surface area contributed by atoms with E-state index >= 15 is 0 Å². The highest BCUT2D eigenvalue weighted by atomic mass is 16.5. The topological polar surface area (TPSA) is 29.5 Å². The highest BCUT2D eigenvalue weighted by molar-refractivity contribution is 4.93. The highest BCUT2D eigenvalue weighted by Gasteiger charge is 2.44.